The molecule has 2 aliphatic rings. The number of nitrogens with zero attached hydrogens (tertiary/aromatic N) is 2. The molecule has 0 radical (unpaired) electrons. The van der Waals surface area contributed by atoms with E-state index < -0.39 is 18.0 Å². The number of likely N-dealkylation sites (tertiary alicyclic amines) is 1. The van der Waals surface area contributed by atoms with Crippen molar-refractivity contribution in [3.05, 3.63) is 0 Å². The molecule has 11 nitrogen and oxygen atoms in total. The van der Waals surface area contributed by atoms with Gasteiger partial charge >= 0.3 is 0 Å². The minimum Gasteiger partial charge on any atom is -0.372 e. The van der Waals surface area contributed by atoms with E-state index in [9.17, 15) is 24.0 Å². The summed E-state index contributed by atoms with van der Waals surface area (Å²) in [5.41, 5.74) is 0. The number of carbonyl (C=O) groups excluding carboxylic acids is 5. The van der Waals surface area contributed by atoms with E-state index in [0.717, 1.165) is 0 Å². The molecular weight excluding hydrogens is 466 g/mol. The predicted octanol–water partition coefficient (Wildman–Crippen LogP) is 0.0357. The number of ether oxygens (including phenoxy) is 1. The molecule has 36 heavy (non-hydrogen) atoms. The van der Waals surface area contributed by atoms with Crippen molar-refractivity contribution in [1.29, 1.82) is 0 Å². The van der Waals surface area contributed by atoms with Gasteiger partial charge in [-0.3, -0.25) is 24.0 Å². The number of nitrogens with one attached hydrogen (secondary N) is 3. The molecule has 2 rings (SSSR count). The maximum absolute atomic E-state index is 13.3. The van der Waals surface area contributed by atoms with Crippen molar-refractivity contribution in [2.45, 2.75) is 71.9 Å². The van der Waals surface area contributed by atoms with E-state index in [-0.39, 0.29) is 48.5 Å². The number of hydrogen-bond acceptors (Lipinski definition) is 6. The maximum Gasteiger partial charge on any atom is 0.248 e. The SMILES string of the molecule is CCOCC(=O)N1CCC(C(=O)N2CCCNC(=O)[C@@H](C(C)C)NC(=O)[C@@H](C)NC(=O)CCC2)CC1. The Morgan fingerprint density at radius 1 is 0.972 bits per heavy atom. The van der Waals surface area contributed by atoms with Gasteiger partial charge in [0, 0.05) is 51.7 Å². The fraction of sp³-hybridized carbons (Fsp3) is 0.800. The van der Waals surface area contributed by atoms with Crippen LogP contribution >= 0.6 is 0 Å². The summed E-state index contributed by atoms with van der Waals surface area (Å²) in [6.07, 6.45) is 2.40. The van der Waals surface area contributed by atoms with Gasteiger partial charge in [0.15, 0.2) is 0 Å². The molecule has 0 saturated carbocycles. The zero-order valence-corrected chi connectivity index (χ0v) is 22.1. The van der Waals surface area contributed by atoms with E-state index in [4.69, 9.17) is 4.74 Å². The van der Waals surface area contributed by atoms with Gasteiger partial charge in [0.05, 0.1) is 0 Å². The third-order valence-electron chi connectivity index (χ3n) is 6.69. The third-order valence-corrected chi connectivity index (χ3v) is 6.69. The van der Waals surface area contributed by atoms with E-state index in [1.807, 2.05) is 20.8 Å². The highest BCUT2D eigenvalue weighted by molar-refractivity contribution is 5.92. The molecule has 0 aliphatic carbocycles. The van der Waals surface area contributed by atoms with Crippen LogP contribution in [0.5, 0.6) is 0 Å². The van der Waals surface area contributed by atoms with E-state index in [1.165, 1.54) is 0 Å². The molecule has 0 aromatic carbocycles. The number of piperidine rings is 1. The van der Waals surface area contributed by atoms with Crippen LogP contribution in [0.1, 0.15) is 59.8 Å². The van der Waals surface area contributed by atoms with Crippen LogP contribution in [0, 0.1) is 11.8 Å². The molecule has 2 atom stereocenters. The highest BCUT2D eigenvalue weighted by Crippen LogP contribution is 2.20. The average molecular weight is 510 g/mol. The molecule has 2 saturated heterocycles. The second kappa shape index (κ2) is 14.8. The Labute approximate surface area is 214 Å². The summed E-state index contributed by atoms with van der Waals surface area (Å²) in [6.45, 7) is 9.95. The Morgan fingerprint density at radius 3 is 2.28 bits per heavy atom. The molecule has 2 fully saturated rings. The average Bonchev–Trinajstić information content (AvgIpc) is 2.86. The van der Waals surface area contributed by atoms with Crippen LogP contribution < -0.4 is 16.0 Å². The monoisotopic (exact) mass is 509 g/mol. The molecule has 0 bridgehead atoms. The Bertz CT molecular complexity index is 781. The van der Waals surface area contributed by atoms with Crippen LogP contribution in [0.15, 0.2) is 0 Å². The lowest BCUT2D eigenvalue weighted by Crippen LogP contribution is -2.54. The van der Waals surface area contributed by atoms with Crippen LogP contribution in [0.25, 0.3) is 0 Å². The van der Waals surface area contributed by atoms with Crippen molar-refractivity contribution in [2.75, 3.05) is 45.9 Å². The summed E-state index contributed by atoms with van der Waals surface area (Å²) in [6, 6.07) is -1.49. The largest absolute Gasteiger partial charge is 0.372 e. The lowest BCUT2D eigenvalue weighted by molar-refractivity contribution is -0.143. The minimum atomic E-state index is -0.773. The standard InChI is InChI=1S/C25H43N5O6/c1-5-36-16-21(32)29-14-9-19(10-15-29)25(35)30-12-6-8-20(31)27-18(4)23(33)28-22(17(2)3)24(34)26-11-7-13-30/h17-19,22H,5-16H2,1-4H3,(H,26,34)(H,27,31)(H,28,33)/t18-,22-/m1/s1. The molecule has 0 unspecified atom stereocenters. The first-order valence-corrected chi connectivity index (χ1v) is 13.2. The van der Waals surface area contributed by atoms with Gasteiger partial charge in [0.1, 0.15) is 18.7 Å². The van der Waals surface area contributed by atoms with Crippen LogP contribution in [-0.2, 0) is 28.7 Å². The van der Waals surface area contributed by atoms with Crippen molar-refractivity contribution in [3.63, 3.8) is 0 Å². The highest BCUT2D eigenvalue weighted by atomic mass is 16.5. The minimum absolute atomic E-state index is 0.0215. The first kappa shape index (κ1) is 29.5. The lowest BCUT2D eigenvalue weighted by atomic mass is 9.95. The van der Waals surface area contributed by atoms with E-state index >= 15 is 0 Å². The van der Waals surface area contributed by atoms with Gasteiger partial charge in [0.2, 0.25) is 29.5 Å². The second-order valence-corrected chi connectivity index (χ2v) is 9.89. The Hall–Kier alpha value is -2.69. The van der Waals surface area contributed by atoms with Gasteiger partial charge < -0.3 is 30.5 Å². The summed E-state index contributed by atoms with van der Waals surface area (Å²) < 4.78 is 5.21. The van der Waals surface area contributed by atoms with Crippen LogP contribution in [0.2, 0.25) is 0 Å². The summed E-state index contributed by atoms with van der Waals surface area (Å²) in [5.74, 6) is -1.31. The molecule has 2 aliphatic heterocycles. The normalized spacial score (nSPS) is 23.9. The molecule has 204 valence electrons. The van der Waals surface area contributed by atoms with E-state index in [2.05, 4.69) is 16.0 Å². The summed E-state index contributed by atoms with van der Waals surface area (Å²) in [7, 11) is 0. The highest BCUT2D eigenvalue weighted by Gasteiger charge is 2.31. The van der Waals surface area contributed by atoms with Crippen molar-refractivity contribution < 1.29 is 28.7 Å². The molecule has 2 heterocycles. The molecule has 0 aromatic heterocycles. The summed E-state index contributed by atoms with van der Waals surface area (Å²) in [5, 5.41) is 8.28. The van der Waals surface area contributed by atoms with E-state index in [0.29, 0.717) is 65.0 Å². The maximum atomic E-state index is 13.3. The molecule has 5 amide bonds. The summed E-state index contributed by atoms with van der Waals surface area (Å²) >= 11 is 0. The van der Waals surface area contributed by atoms with Crippen molar-refractivity contribution in [3.8, 4) is 0 Å². The smallest absolute Gasteiger partial charge is 0.248 e. The van der Waals surface area contributed by atoms with E-state index in [1.54, 1.807) is 16.7 Å². The fourth-order valence-electron chi connectivity index (χ4n) is 4.46. The molecule has 11 heteroatoms. The first-order valence-electron chi connectivity index (χ1n) is 13.2. The molecule has 0 aromatic rings. The van der Waals surface area contributed by atoms with Gasteiger partial charge in [-0.05, 0) is 45.4 Å². The number of amides is 5. The summed E-state index contributed by atoms with van der Waals surface area (Å²) in [4.78, 5) is 66.6. The molecule has 3 N–H and O–H groups in total. The Kier molecular flexibility index (Phi) is 12.1. The second-order valence-electron chi connectivity index (χ2n) is 9.89. The zero-order chi connectivity index (χ0) is 26.7. The van der Waals surface area contributed by atoms with Crippen LogP contribution in [0.3, 0.4) is 0 Å². The van der Waals surface area contributed by atoms with Crippen molar-refractivity contribution >= 4 is 29.5 Å². The molecular formula is C25H43N5O6. The Balaban J connectivity index is 2.01. The van der Waals surface area contributed by atoms with Crippen molar-refractivity contribution in [2.24, 2.45) is 11.8 Å². The lowest BCUT2D eigenvalue weighted by Gasteiger charge is -2.34. The van der Waals surface area contributed by atoms with Gasteiger partial charge in [-0.25, -0.2) is 0 Å². The topological polar surface area (TPSA) is 137 Å². The first-order chi connectivity index (χ1) is 17.1. The number of hydrogen-bond donors (Lipinski definition) is 3. The van der Waals surface area contributed by atoms with Crippen LogP contribution in [-0.4, -0.2) is 97.4 Å². The van der Waals surface area contributed by atoms with Gasteiger partial charge in [-0.1, -0.05) is 13.8 Å². The quantitative estimate of drug-likeness (QED) is 0.478. The van der Waals surface area contributed by atoms with Gasteiger partial charge in [-0.15, -0.1) is 0 Å². The van der Waals surface area contributed by atoms with Gasteiger partial charge in [0.25, 0.3) is 0 Å². The van der Waals surface area contributed by atoms with Crippen molar-refractivity contribution in [1.82, 2.24) is 25.8 Å². The predicted molar refractivity (Wildman–Crippen MR) is 134 cm³/mol. The molecule has 0 spiro atoms. The zero-order valence-electron chi connectivity index (χ0n) is 22.1. The van der Waals surface area contributed by atoms with Crippen LogP contribution in [0.4, 0.5) is 0 Å². The Morgan fingerprint density at radius 2 is 1.64 bits per heavy atom. The fourth-order valence-corrected chi connectivity index (χ4v) is 4.46. The van der Waals surface area contributed by atoms with Gasteiger partial charge in [-0.2, -0.15) is 0 Å². The third kappa shape index (κ3) is 9.07. The number of carbonyl (C=O) groups is 5. The number of rotatable bonds is 5.